The van der Waals surface area contributed by atoms with E-state index >= 15 is 0 Å². The maximum atomic E-state index is 12.5. The fraction of sp³-hybridized carbons (Fsp3) is 0.125. The van der Waals surface area contributed by atoms with Gasteiger partial charge >= 0.3 is 6.01 Å². The lowest BCUT2D eigenvalue weighted by molar-refractivity contribution is 0.102. The van der Waals surface area contributed by atoms with E-state index in [0.29, 0.717) is 22.8 Å². The molecule has 0 radical (unpaired) electrons. The van der Waals surface area contributed by atoms with E-state index in [-0.39, 0.29) is 11.9 Å². The third-order valence-electron chi connectivity index (χ3n) is 4.78. The zero-order chi connectivity index (χ0) is 21.8. The second-order valence-electron chi connectivity index (χ2n) is 6.93. The third-order valence-corrected chi connectivity index (χ3v) is 4.78. The Labute approximate surface area is 180 Å². The summed E-state index contributed by atoms with van der Waals surface area (Å²) in [5.41, 5.74) is 4.08. The molecule has 0 aliphatic heterocycles. The number of carbonyl (C=O) groups is 1. The first-order chi connectivity index (χ1) is 15.1. The van der Waals surface area contributed by atoms with Crippen molar-refractivity contribution in [2.75, 3.05) is 19.5 Å². The van der Waals surface area contributed by atoms with E-state index in [2.05, 4.69) is 15.4 Å². The molecule has 4 rings (SSSR count). The van der Waals surface area contributed by atoms with Crippen LogP contribution in [0.3, 0.4) is 0 Å². The molecule has 0 unspecified atom stereocenters. The molecule has 1 N–H and O–H groups in total. The molecule has 0 fully saturated rings. The van der Waals surface area contributed by atoms with Gasteiger partial charge in [0, 0.05) is 16.8 Å². The highest BCUT2D eigenvalue weighted by Gasteiger charge is 2.14. The van der Waals surface area contributed by atoms with Crippen molar-refractivity contribution in [3.63, 3.8) is 0 Å². The molecule has 1 amide bonds. The van der Waals surface area contributed by atoms with Crippen molar-refractivity contribution in [3.05, 3.63) is 83.9 Å². The number of nitrogens with one attached hydrogen (secondary N) is 1. The number of hydrogen-bond acceptors (Lipinski definition) is 5. The van der Waals surface area contributed by atoms with Crippen LogP contribution < -0.4 is 14.8 Å². The van der Waals surface area contributed by atoms with Gasteiger partial charge in [0.1, 0.15) is 5.75 Å². The molecule has 1 heterocycles. The summed E-state index contributed by atoms with van der Waals surface area (Å²) >= 11 is 0. The zero-order valence-corrected chi connectivity index (χ0v) is 17.5. The van der Waals surface area contributed by atoms with Crippen LogP contribution in [0.5, 0.6) is 11.8 Å². The van der Waals surface area contributed by atoms with Crippen molar-refractivity contribution in [1.82, 2.24) is 14.8 Å². The summed E-state index contributed by atoms with van der Waals surface area (Å²) in [5.74, 6) is 1.09. The number of amides is 1. The SMILES string of the molecule is COc1cccc(C(=O)Nc2ccc(-n3nc(OC)nc3-c3ccc(C)cc3)cc2)c1. The summed E-state index contributed by atoms with van der Waals surface area (Å²) in [7, 11) is 3.11. The summed E-state index contributed by atoms with van der Waals surface area (Å²) in [4.78, 5) is 17.0. The molecule has 0 saturated carbocycles. The van der Waals surface area contributed by atoms with E-state index in [1.807, 2.05) is 55.5 Å². The number of aromatic nitrogens is 3. The number of nitrogens with zero attached hydrogens (tertiary/aromatic N) is 3. The van der Waals surface area contributed by atoms with Crippen LogP contribution in [0.1, 0.15) is 15.9 Å². The number of rotatable bonds is 6. The van der Waals surface area contributed by atoms with Crippen molar-refractivity contribution in [1.29, 1.82) is 0 Å². The number of carbonyl (C=O) groups excluding carboxylic acids is 1. The lowest BCUT2D eigenvalue weighted by Crippen LogP contribution is -2.12. The second-order valence-corrected chi connectivity index (χ2v) is 6.93. The van der Waals surface area contributed by atoms with Gasteiger partial charge in [0.05, 0.1) is 19.9 Å². The van der Waals surface area contributed by atoms with E-state index in [4.69, 9.17) is 9.47 Å². The van der Waals surface area contributed by atoms with E-state index in [0.717, 1.165) is 16.8 Å². The Morgan fingerprint density at radius 3 is 2.35 bits per heavy atom. The molecule has 0 aliphatic carbocycles. The van der Waals surface area contributed by atoms with Crippen molar-refractivity contribution in [2.24, 2.45) is 0 Å². The number of ether oxygens (including phenoxy) is 2. The van der Waals surface area contributed by atoms with Gasteiger partial charge in [-0.3, -0.25) is 4.79 Å². The lowest BCUT2D eigenvalue weighted by Gasteiger charge is -2.09. The molecule has 0 bridgehead atoms. The van der Waals surface area contributed by atoms with Gasteiger partial charge in [-0.25, -0.2) is 4.68 Å². The second kappa shape index (κ2) is 8.71. The van der Waals surface area contributed by atoms with Gasteiger partial charge in [-0.15, -0.1) is 5.10 Å². The van der Waals surface area contributed by atoms with Crippen molar-refractivity contribution in [2.45, 2.75) is 6.92 Å². The minimum atomic E-state index is -0.214. The van der Waals surface area contributed by atoms with Gasteiger partial charge in [0.2, 0.25) is 0 Å². The van der Waals surface area contributed by atoms with Gasteiger partial charge in [0.15, 0.2) is 5.82 Å². The molecule has 7 heteroatoms. The molecule has 0 spiro atoms. The Balaban J connectivity index is 1.59. The fourth-order valence-corrected chi connectivity index (χ4v) is 3.10. The molecule has 0 atom stereocenters. The van der Waals surface area contributed by atoms with E-state index in [1.165, 1.54) is 7.11 Å². The number of hydrogen-bond donors (Lipinski definition) is 1. The van der Waals surface area contributed by atoms with Gasteiger partial charge in [0.25, 0.3) is 5.91 Å². The predicted octanol–water partition coefficient (Wildman–Crippen LogP) is 4.51. The van der Waals surface area contributed by atoms with Crippen LogP contribution >= 0.6 is 0 Å². The van der Waals surface area contributed by atoms with Crippen LogP contribution in [0, 0.1) is 6.92 Å². The minimum Gasteiger partial charge on any atom is -0.497 e. The highest BCUT2D eigenvalue weighted by molar-refractivity contribution is 6.04. The largest absolute Gasteiger partial charge is 0.497 e. The maximum Gasteiger partial charge on any atom is 0.336 e. The van der Waals surface area contributed by atoms with Crippen molar-refractivity contribution in [3.8, 4) is 28.8 Å². The summed E-state index contributed by atoms with van der Waals surface area (Å²) in [6.45, 7) is 2.04. The van der Waals surface area contributed by atoms with Crippen LogP contribution in [0.25, 0.3) is 17.1 Å². The standard InChI is InChI=1S/C24H22N4O3/c1-16-7-9-17(10-8-16)22-26-24(31-3)27-28(22)20-13-11-19(12-14-20)25-23(29)18-5-4-6-21(15-18)30-2/h4-15H,1-3H3,(H,25,29). The summed E-state index contributed by atoms with van der Waals surface area (Å²) in [6, 6.07) is 22.7. The minimum absolute atomic E-state index is 0.214. The molecule has 3 aromatic carbocycles. The summed E-state index contributed by atoms with van der Waals surface area (Å²) in [5, 5.41) is 7.33. The zero-order valence-electron chi connectivity index (χ0n) is 17.5. The molecule has 156 valence electrons. The first-order valence-corrected chi connectivity index (χ1v) is 9.71. The van der Waals surface area contributed by atoms with Gasteiger partial charge in [-0.05, 0) is 49.4 Å². The average Bonchev–Trinajstić information content (AvgIpc) is 3.24. The topological polar surface area (TPSA) is 78.3 Å². The Hall–Kier alpha value is -4.13. The van der Waals surface area contributed by atoms with E-state index < -0.39 is 0 Å². The van der Waals surface area contributed by atoms with Gasteiger partial charge < -0.3 is 14.8 Å². The molecule has 0 aliphatic rings. The van der Waals surface area contributed by atoms with Crippen molar-refractivity contribution < 1.29 is 14.3 Å². The number of methoxy groups -OCH3 is 2. The van der Waals surface area contributed by atoms with Gasteiger partial charge in [-0.2, -0.15) is 4.98 Å². The summed E-state index contributed by atoms with van der Waals surface area (Å²) in [6.07, 6.45) is 0. The van der Waals surface area contributed by atoms with Crippen LogP contribution in [-0.4, -0.2) is 34.9 Å². The molecule has 0 saturated heterocycles. The third kappa shape index (κ3) is 4.40. The number of anilines is 1. The first-order valence-electron chi connectivity index (χ1n) is 9.71. The number of aryl methyl sites for hydroxylation is 1. The average molecular weight is 414 g/mol. The van der Waals surface area contributed by atoms with Crippen LogP contribution in [-0.2, 0) is 0 Å². The molecule has 4 aromatic rings. The molecule has 1 aromatic heterocycles. The van der Waals surface area contributed by atoms with Crippen LogP contribution in [0.15, 0.2) is 72.8 Å². The van der Waals surface area contributed by atoms with Crippen molar-refractivity contribution >= 4 is 11.6 Å². The Morgan fingerprint density at radius 1 is 0.935 bits per heavy atom. The molecular weight excluding hydrogens is 392 g/mol. The fourth-order valence-electron chi connectivity index (χ4n) is 3.10. The van der Waals surface area contributed by atoms with Gasteiger partial charge in [-0.1, -0.05) is 35.9 Å². The highest BCUT2D eigenvalue weighted by Crippen LogP contribution is 2.25. The summed E-state index contributed by atoms with van der Waals surface area (Å²) < 4.78 is 12.1. The lowest BCUT2D eigenvalue weighted by atomic mass is 10.1. The van der Waals surface area contributed by atoms with E-state index in [1.54, 1.807) is 36.1 Å². The van der Waals surface area contributed by atoms with Crippen LogP contribution in [0.2, 0.25) is 0 Å². The quantitative estimate of drug-likeness (QED) is 0.502. The Kier molecular flexibility index (Phi) is 5.66. The molecular formula is C24H22N4O3. The van der Waals surface area contributed by atoms with Crippen LogP contribution in [0.4, 0.5) is 5.69 Å². The molecule has 7 nitrogen and oxygen atoms in total. The Bertz CT molecular complexity index is 1200. The maximum absolute atomic E-state index is 12.5. The Morgan fingerprint density at radius 2 is 1.68 bits per heavy atom. The number of benzene rings is 3. The first kappa shape index (κ1) is 20.2. The molecule has 31 heavy (non-hydrogen) atoms. The van der Waals surface area contributed by atoms with E-state index in [9.17, 15) is 4.79 Å². The predicted molar refractivity (Wildman–Crippen MR) is 119 cm³/mol. The smallest absolute Gasteiger partial charge is 0.336 e. The monoisotopic (exact) mass is 414 g/mol. The highest BCUT2D eigenvalue weighted by atomic mass is 16.5. The normalized spacial score (nSPS) is 10.5.